The second-order valence-corrected chi connectivity index (χ2v) is 10.4. The first-order chi connectivity index (χ1) is 20.0. The standard InChI is InChI=1S/C30H26ClF3N6O2/c1-40(2)25(17-3-7-20(8-4-17)30(32,33)34)16-35-28(42)18-5-10-22(11-6-18)37-29-36-15-19-13-26(41)38-24-14-21(31)9-12-23(24)27(19)39-29/h3-12,14-15,25H,13,16H2,1-2H3,(H,35,42)(H,38,41)(H,36,37,39). The molecule has 4 aromatic rings. The molecule has 3 aromatic carbocycles. The van der Waals surface area contributed by atoms with Gasteiger partial charge in [0.2, 0.25) is 11.9 Å². The van der Waals surface area contributed by atoms with Crippen LogP contribution in [0.4, 0.5) is 30.5 Å². The Kier molecular flexibility index (Phi) is 8.15. The third-order valence-electron chi connectivity index (χ3n) is 6.83. The first-order valence-corrected chi connectivity index (χ1v) is 13.3. The van der Waals surface area contributed by atoms with Gasteiger partial charge < -0.3 is 20.9 Å². The van der Waals surface area contributed by atoms with Gasteiger partial charge in [0.05, 0.1) is 29.4 Å². The highest BCUT2D eigenvalue weighted by Gasteiger charge is 2.30. The Balaban J connectivity index is 1.26. The van der Waals surface area contributed by atoms with Gasteiger partial charge in [0.1, 0.15) is 0 Å². The monoisotopic (exact) mass is 594 g/mol. The fourth-order valence-corrected chi connectivity index (χ4v) is 4.81. The predicted molar refractivity (Wildman–Crippen MR) is 155 cm³/mol. The van der Waals surface area contributed by atoms with Crippen LogP contribution >= 0.6 is 11.6 Å². The summed E-state index contributed by atoms with van der Waals surface area (Å²) in [6, 6.07) is 16.5. The zero-order valence-electron chi connectivity index (χ0n) is 22.6. The van der Waals surface area contributed by atoms with Crippen molar-refractivity contribution in [1.82, 2.24) is 20.2 Å². The van der Waals surface area contributed by atoms with Crippen molar-refractivity contribution >= 4 is 40.7 Å². The number of hydrogen-bond donors (Lipinski definition) is 3. The third-order valence-corrected chi connectivity index (χ3v) is 7.07. The molecular weight excluding hydrogens is 569 g/mol. The van der Waals surface area contributed by atoms with E-state index in [1.54, 1.807) is 62.8 Å². The van der Waals surface area contributed by atoms with E-state index in [-0.39, 0.29) is 30.8 Å². The van der Waals surface area contributed by atoms with E-state index in [0.29, 0.717) is 44.7 Å². The summed E-state index contributed by atoms with van der Waals surface area (Å²) in [7, 11) is 3.59. The molecule has 2 heterocycles. The molecule has 216 valence electrons. The fourth-order valence-electron chi connectivity index (χ4n) is 4.64. The van der Waals surface area contributed by atoms with Crippen molar-refractivity contribution in [3.8, 4) is 11.3 Å². The van der Waals surface area contributed by atoms with E-state index < -0.39 is 11.7 Å². The zero-order valence-corrected chi connectivity index (χ0v) is 23.3. The Morgan fingerprint density at radius 3 is 2.45 bits per heavy atom. The van der Waals surface area contributed by atoms with Crippen LogP contribution in [0.5, 0.6) is 0 Å². The molecule has 12 heteroatoms. The topological polar surface area (TPSA) is 99.2 Å². The smallest absolute Gasteiger partial charge is 0.350 e. The van der Waals surface area contributed by atoms with E-state index in [0.717, 1.165) is 17.7 Å². The molecule has 5 rings (SSSR count). The minimum atomic E-state index is -4.41. The number of fused-ring (bicyclic) bond motifs is 3. The van der Waals surface area contributed by atoms with Gasteiger partial charge in [-0.1, -0.05) is 23.7 Å². The minimum Gasteiger partial charge on any atom is -0.350 e. The first kappa shape index (κ1) is 29.0. The summed E-state index contributed by atoms with van der Waals surface area (Å²) in [5.41, 5.74) is 3.56. The van der Waals surface area contributed by atoms with Crippen molar-refractivity contribution in [3.63, 3.8) is 0 Å². The summed E-state index contributed by atoms with van der Waals surface area (Å²) in [6.45, 7) is 0.199. The number of benzene rings is 3. The van der Waals surface area contributed by atoms with Crippen LogP contribution in [-0.2, 0) is 17.4 Å². The van der Waals surface area contributed by atoms with Gasteiger partial charge in [0.25, 0.3) is 5.91 Å². The number of nitrogens with one attached hydrogen (secondary N) is 3. The van der Waals surface area contributed by atoms with E-state index >= 15 is 0 Å². The van der Waals surface area contributed by atoms with Gasteiger partial charge in [-0.3, -0.25) is 9.59 Å². The van der Waals surface area contributed by atoms with Crippen LogP contribution in [0.2, 0.25) is 5.02 Å². The van der Waals surface area contributed by atoms with Crippen molar-refractivity contribution in [1.29, 1.82) is 0 Å². The summed E-state index contributed by atoms with van der Waals surface area (Å²) < 4.78 is 38.8. The lowest BCUT2D eigenvalue weighted by atomic mass is 10.0. The van der Waals surface area contributed by atoms with Crippen LogP contribution in [0.1, 0.15) is 33.1 Å². The Bertz CT molecular complexity index is 1630. The molecule has 1 aliphatic heterocycles. The van der Waals surface area contributed by atoms with Gasteiger partial charge in [-0.15, -0.1) is 0 Å². The molecule has 2 amide bonds. The van der Waals surface area contributed by atoms with Gasteiger partial charge in [-0.2, -0.15) is 13.2 Å². The second kappa shape index (κ2) is 11.8. The highest BCUT2D eigenvalue weighted by molar-refractivity contribution is 6.31. The summed E-state index contributed by atoms with van der Waals surface area (Å²) >= 11 is 6.11. The molecule has 0 saturated heterocycles. The zero-order chi connectivity index (χ0) is 30.0. The van der Waals surface area contributed by atoms with E-state index in [9.17, 15) is 22.8 Å². The quantitative estimate of drug-likeness (QED) is 0.240. The molecule has 0 saturated carbocycles. The molecule has 3 N–H and O–H groups in total. The molecule has 0 spiro atoms. The fraction of sp³-hybridized carbons (Fsp3) is 0.200. The van der Waals surface area contributed by atoms with Crippen LogP contribution < -0.4 is 16.0 Å². The van der Waals surface area contributed by atoms with Crippen molar-refractivity contribution in [2.24, 2.45) is 0 Å². The third kappa shape index (κ3) is 6.53. The van der Waals surface area contributed by atoms with Crippen LogP contribution in [-0.4, -0.2) is 47.3 Å². The number of halogens is 4. The number of aromatic nitrogens is 2. The van der Waals surface area contributed by atoms with E-state index in [2.05, 4.69) is 25.9 Å². The Labute approximate surface area is 244 Å². The normalized spacial score (nSPS) is 13.5. The summed E-state index contributed by atoms with van der Waals surface area (Å²) in [5, 5.41) is 9.32. The highest BCUT2D eigenvalue weighted by Crippen LogP contribution is 2.35. The largest absolute Gasteiger partial charge is 0.416 e. The number of likely N-dealkylation sites (N-methyl/N-ethyl adjacent to an activating group) is 1. The maximum Gasteiger partial charge on any atom is 0.416 e. The number of nitrogens with zero attached hydrogens (tertiary/aromatic N) is 3. The van der Waals surface area contributed by atoms with Crippen molar-refractivity contribution in [2.75, 3.05) is 31.3 Å². The highest BCUT2D eigenvalue weighted by atomic mass is 35.5. The second-order valence-electron chi connectivity index (χ2n) is 9.99. The summed E-state index contributed by atoms with van der Waals surface area (Å²) in [4.78, 5) is 36.0. The molecule has 0 bridgehead atoms. The molecular formula is C30H26ClF3N6O2. The number of carbonyl (C=O) groups is 2. The molecule has 0 radical (unpaired) electrons. The lowest BCUT2D eigenvalue weighted by Gasteiger charge is -2.25. The first-order valence-electron chi connectivity index (χ1n) is 12.9. The lowest BCUT2D eigenvalue weighted by molar-refractivity contribution is -0.137. The predicted octanol–water partition coefficient (Wildman–Crippen LogP) is 6.09. The van der Waals surface area contributed by atoms with Gasteiger partial charge in [0.15, 0.2) is 0 Å². The SMILES string of the molecule is CN(C)C(CNC(=O)c1ccc(Nc2ncc3c(n2)-c2ccc(Cl)cc2NC(=O)C3)cc1)c1ccc(C(F)(F)F)cc1. The lowest BCUT2D eigenvalue weighted by Crippen LogP contribution is -2.34. The maximum atomic E-state index is 12.9. The summed E-state index contributed by atoms with van der Waals surface area (Å²) in [5.74, 6) is -0.202. The Morgan fingerprint density at radius 1 is 1.07 bits per heavy atom. The number of hydrogen-bond acceptors (Lipinski definition) is 6. The van der Waals surface area contributed by atoms with E-state index in [4.69, 9.17) is 11.6 Å². The van der Waals surface area contributed by atoms with E-state index in [1.807, 2.05) is 4.90 Å². The van der Waals surface area contributed by atoms with Crippen molar-refractivity contribution < 1.29 is 22.8 Å². The molecule has 8 nitrogen and oxygen atoms in total. The molecule has 42 heavy (non-hydrogen) atoms. The Morgan fingerprint density at radius 2 is 1.79 bits per heavy atom. The van der Waals surface area contributed by atoms with Gasteiger partial charge in [-0.05, 0) is 74.3 Å². The van der Waals surface area contributed by atoms with Crippen LogP contribution in [0.25, 0.3) is 11.3 Å². The molecule has 1 atom stereocenters. The summed E-state index contributed by atoms with van der Waals surface area (Å²) in [6.07, 6.45) is -2.68. The van der Waals surface area contributed by atoms with Crippen LogP contribution in [0, 0.1) is 0 Å². The van der Waals surface area contributed by atoms with E-state index in [1.165, 1.54) is 12.1 Å². The van der Waals surface area contributed by atoms with Gasteiger partial charge in [-0.25, -0.2) is 9.97 Å². The number of amides is 2. The van der Waals surface area contributed by atoms with Crippen LogP contribution in [0.3, 0.4) is 0 Å². The molecule has 0 fully saturated rings. The van der Waals surface area contributed by atoms with Crippen LogP contribution in [0.15, 0.2) is 72.9 Å². The number of alkyl halides is 3. The van der Waals surface area contributed by atoms with Gasteiger partial charge >= 0.3 is 6.18 Å². The molecule has 1 aliphatic rings. The Hall–Kier alpha value is -4.48. The van der Waals surface area contributed by atoms with Gasteiger partial charge in [0, 0.05) is 40.1 Å². The average Bonchev–Trinajstić information content (AvgIpc) is 3.07. The average molecular weight is 595 g/mol. The van der Waals surface area contributed by atoms with Crippen molar-refractivity contribution in [2.45, 2.75) is 18.6 Å². The minimum absolute atomic E-state index is 0.124. The number of anilines is 3. The molecule has 1 unspecified atom stereocenters. The molecule has 1 aromatic heterocycles. The van der Waals surface area contributed by atoms with Crippen molar-refractivity contribution in [3.05, 3.63) is 100 Å². The molecule has 0 aliphatic carbocycles. The number of carbonyl (C=O) groups excluding carboxylic acids is 2. The number of rotatable bonds is 7. The maximum absolute atomic E-state index is 12.9.